The molecule has 1 saturated heterocycles. The molecule has 1 aliphatic heterocycles. The number of amides is 1. The van der Waals surface area contributed by atoms with E-state index in [1.807, 2.05) is 44.7 Å². The molecule has 1 amide bonds. The second-order valence-corrected chi connectivity index (χ2v) is 7.21. The van der Waals surface area contributed by atoms with Crippen LogP contribution in [0.1, 0.15) is 45.6 Å². The van der Waals surface area contributed by atoms with Crippen molar-refractivity contribution < 1.29 is 14.6 Å². The number of aryl methyl sites for hydroxylation is 1. The number of benzene rings is 1. The molecule has 0 spiro atoms. The lowest BCUT2D eigenvalue weighted by atomic mass is 10.0. The lowest BCUT2D eigenvalue weighted by molar-refractivity contribution is 0.0114. The second kappa shape index (κ2) is 7.11. The van der Waals surface area contributed by atoms with Crippen molar-refractivity contribution >= 4 is 11.8 Å². The lowest BCUT2D eigenvalue weighted by Crippen LogP contribution is -2.48. The van der Waals surface area contributed by atoms with E-state index in [-0.39, 0.29) is 12.1 Å². The number of ether oxygens (including phenoxy) is 1. The van der Waals surface area contributed by atoms with Gasteiger partial charge >= 0.3 is 6.09 Å². The SMILES string of the molecule is Cc1cc(NCC2CCCCN2C(=O)OC(C)(C)C)ccc1O. The fourth-order valence-corrected chi connectivity index (χ4v) is 2.77. The highest BCUT2D eigenvalue weighted by Gasteiger charge is 2.30. The Kier molecular flexibility index (Phi) is 5.39. The van der Waals surface area contributed by atoms with Crippen LogP contribution >= 0.6 is 0 Å². The molecule has 1 unspecified atom stereocenters. The van der Waals surface area contributed by atoms with Crippen LogP contribution in [0.25, 0.3) is 0 Å². The molecular formula is C18H28N2O3. The first-order valence-electron chi connectivity index (χ1n) is 8.29. The molecule has 23 heavy (non-hydrogen) atoms. The number of nitrogens with zero attached hydrogens (tertiary/aromatic N) is 1. The minimum Gasteiger partial charge on any atom is -0.508 e. The maximum Gasteiger partial charge on any atom is 0.410 e. The van der Waals surface area contributed by atoms with E-state index in [1.54, 1.807) is 6.07 Å². The Bertz CT molecular complexity index is 552. The summed E-state index contributed by atoms with van der Waals surface area (Å²) in [7, 11) is 0. The first-order chi connectivity index (χ1) is 10.8. The Morgan fingerprint density at radius 1 is 1.39 bits per heavy atom. The second-order valence-electron chi connectivity index (χ2n) is 7.21. The molecule has 5 heteroatoms. The molecule has 0 radical (unpaired) electrons. The Hall–Kier alpha value is -1.91. The summed E-state index contributed by atoms with van der Waals surface area (Å²) in [6.07, 6.45) is 2.89. The van der Waals surface area contributed by atoms with E-state index in [4.69, 9.17) is 4.74 Å². The van der Waals surface area contributed by atoms with Crippen LogP contribution in [-0.2, 0) is 4.74 Å². The van der Waals surface area contributed by atoms with E-state index in [1.165, 1.54) is 0 Å². The topological polar surface area (TPSA) is 61.8 Å². The number of anilines is 1. The number of hydrogen-bond acceptors (Lipinski definition) is 4. The number of aromatic hydroxyl groups is 1. The van der Waals surface area contributed by atoms with Gasteiger partial charge in [-0.15, -0.1) is 0 Å². The van der Waals surface area contributed by atoms with Crippen LogP contribution in [0.2, 0.25) is 0 Å². The summed E-state index contributed by atoms with van der Waals surface area (Å²) < 4.78 is 5.52. The Morgan fingerprint density at radius 3 is 2.78 bits per heavy atom. The highest BCUT2D eigenvalue weighted by Crippen LogP contribution is 2.23. The zero-order chi connectivity index (χ0) is 17.0. The van der Waals surface area contributed by atoms with E-state index < -0.39 is 5.60 Å². The fourth-order valence-electron chi connectivity index (χ4n) is 2.77. The molecule has 1 atom stereocenters. The summed E-state index contributed by atoms with van der Waals surface area (Å²) in [6.45, 7) is 8.97. The number of piperidine rings is 1. The molecule has 1 aromatic rings. The van der Waals surface area contributed by atoms with Crippen molar-refractivity contribution in [2.45, 2.75) is 58.6 Å². The number of phenols is 1. The molecule has 0 saturated carbocycles. The van der Waals surface area contributed by atoms with Crippen LogP contribution in [0.4, 0.5) is 10.5 Å². The van der Waals surface area contributed by atoms with Gasteiger partial charge in [-0.3, -0.25) is 0 Å². The summed E-state index contributed by atoms with van der Waals surface area (Å²) in [4.78, 5) is 14.2. The van der Waals surface area contributed by atoms with Gasteiger partial charge in [-0.25, -0.2) is 4.79 Å². The molecule has 1 heterocycles. The molecule has 1 aromatic carbocycles. The predicted octanol–water partition coefficient (Wildman–Crippen LogP) is 3.90. The number of carbonyl (C=O) groups excluding carboxylic acids is 1. The number of carbonyl (C=O) groups is 1. The molecule has 2 rings (SSSR count). The van der Waals surface area contributed by atoms with Crippen LogP contribution in [-0.4, -0.2) is 40.8 Å². The van der Waals surface area contributed by atoms with E-state index >= 15 is 0 Å². The molecule has 128 valence electrons. The molecule has 1 fully saturated rings. The van der Waals surface area contributed by atoms with Crippen molar-refractivity contribution in [2.24, 2.45) is 0 Å². The van der Waals surface area contributed by atoms with E-state index in [0.29, 0.717) is 12.3 Å². The van der Waals surface area contributed by atoms with Crippen molar-refractivity contribution in [3.05, 3.63) is 23.8 Å². The van der Waals surface area contributed by atoms with Crippen molar-refractivity contribution in [3.8, 4) is 5.75 Å². The zero-order valence-electron chi connectivity index (χ0n) is 14.6. The highest BCUT2D eigenvalue weighted by molar-refractivity contribution is 5.68. The normalized spacial score (nSPS) is 18.6. The average Bonchev–Trinajstić information content (AvgIpc) is 2.47. The van der Waals surface area contributed by atoms with Gasteiger partial charge < -0.3 is 20.1 Å². The molecule has 1 aliphatic rings. The number of hydrogen-bond donors (Lipinski definition) is 2. The molecule has 2 N–H and O–H groups in total. The smallest absolute Gasteiger partial charge is 0.410 e. The van der Waals surface area contributed by atoms with Gasteiger partial charge in [0.05, 0.1) is 6.04 Å². The zero-order valence-corrected chi connectivity index (χ0v) is 14.6. The van der Waals surface area contributed by atoms with E-state index in [9.17, 15) is 9.90 Å². The van der Waals surface area contributed by atoms with Crippen LogP contribution < -0.4 is 5.32 Å². The van der Waals surface area contributed by atoms with Crippen molar-refractivity contribution in [2.75, 3.05) is 18.4 Å². The fraction of sp³-hybridized carbons (Fsp3) is 0.611. The average molecular weight is 320 g/mol. The van der Waals surface area contributed by atoms with E-state index in [0.717, 1.165) is 37.1 Å². The van der Waals surface area contributed by atoms with Crippen molar-refractivity contribution in [1.82, 2.24) is 4.90 Å². The maximum absolute atomic E-state index is 12.4. The Labute approximate surface area is 138 Å². The summed E-state index contributed by atoms with van der Waals surface area (Å²) in [5.41, 5.74) is 1.32. The van der Waals surface area contributed by atoms with Crippen LogP contribution in [0.5, 0.6) is 5.75 Å². The molecular weight excluding hydrogens is 292 g/mol. The third-order valence-electron chi connectivity index (χ3n) is 3.99. The Morgan fingerprint density at radius 2 is 2.13 bits per heavy atom. The van der Waals surface area contributed by atoms with Gasteiger partial charge in [0.2, 0.25) is 0 Å². The summed E-state index contributed by atoms with van der Waals surface area (Å²) in [5.74, 6) is 0.295. The first-order valence-corrected chi connectivity index (χ1v) is 8.29. The van der Waals surface area contributed by atoms with Gasteiger partial charge in [0.15, 0.2) is 0 Å². The number of rotatable bonds is 3. The van der Waals surface area contributed by atoms with Crippen LogP contribution in [0, 0.1) is 6.92 Å². The quantitative estimate of drug-likeness (QED) is 0.829. The number of phenolic OH excluding ortho intramolecular Hbond substituents is 1. The van der Waals surface area contributed by atoms with E-state index in [2.05, 4.69) is 5.32 Å². The summed E-state index contributed by atoms with van der Waals surface area (Å²) in [5, 5.41) is 13.0. The lowest BCUT2D eigenvalue weighted by Gasteiger charge is -2.37. The summed E-state index contributed by atoms with van der Waals surface area (Å²) >= 11 is 0. The van der Waals surface area contributed by atoms with Gasteiger partial charge in [-0.1, -0.05) is 0 Å². The molecule has 0 aromatic heterocycles. The molecule has 0 bridgehead atoms. The minimum atomic E-state index is -0.472. The van der Waals surface area contributed by atoms with Gasteiger partial charge in [-0.2, -0.15) is 0 Å². The number of likely N-dealkylation sites (tertiary alicyclic amines) is 1. The largest absolute Gasteiger partial charge is 0.508 e. The monoisotopic (exact) mass is 320 g/mol. The highest BCUT2D eigenvalue weighted by atomic mass is 16.6. The van der Waals surface area contributed by atoms with Crippen LogP contribution in [0.3, 0.4) is 0 Å². The number of nitrogens with one attached hydrogen (secondary N) is 1. The van der Waals surface area contributed by atoms with Gasteiger partial charge in [0.25, 0.3) is 0 Å². The molecule has 0 aliphatic carbocycles. The van der Waals surface area contributed by atoms with Gasteiger partial charge in [0, 0.05) is 18.8 Å². The van der Waals surface area contributed by atoms with Gasteiger partial charge in [-0.05, 0) is 70.7 Å². The summed E-state index contributed by atoms with van der Waals surface area (Å²) in [6, 6.07) is 5.58. The maximum atomic E-state index is 12.4. The Balaban J connectivity index is 1.98. The minimum absolute atomic E-state index is 0.132. The predicted molar refractivity (Wildman–Crippen MR) is 91.9 cm³/mol. The third kappa shape index (κ3) is 5.05. The van der Waals surface area contributed by atoms with Gasteiger partial charge in [0.1, 0.15) is 11.4 Å². The first kappa shape index (κ1) is 17.4. The molecule has 5 nitrogen and oxygen atoms in total. The van der Waals surface area contributed by atoms with Crippen molar-refractivity contribution in [3.63, 3.8) is 0 Å². The standard InChI is InChI=1S/C18H28N2O3/c1-13-11-14(8-9-16(13)21)19-12-15-7-5-6-10-20(15)17(22)23-18(2,3)4/h8-9,11,15,19,21H,5-7,10,12H2,1-4H3. The third-order valence-corrected chi connectivity index (χ3v) is 3.99. The van der Waals surface area contributed by atoms with Crippen LogP contribution in [0.15, 0.2) is 18.2 Å². The van der Waals surface area contributed by atoms with Crippen molar-refractivity contribution in [1.29, 1.82) is 0 Å².